The average Bonchev–Trinajstić information content (AvgIpc) is 3.79. The van der Waals surface area contributed by atoms with Crippen molar-refractivity contribution in [1.29, 1.82) is 0 Å². The van der Waals surface area contributed by atoms with Crippen molar-refractivity contribution in [1.82, 2.24) is 0 Å². The standard InChI is InChI=1S/C38H34N2O5/c41-35-29-17-19-31-34-32(38(44)40(37(31)43)27-13-15-28(16-14-27)45-22-21-23-5-1-2-6-23)20-18-30(33(29)34)36(42)39(35)26-11-9-25(10-12-26)24-7-3-4-8-24/h9-20,23-24H,1-8,21-22H2. The van der Waals surface area contributed by atoms with Crippen LogP contribution in [0.4, 0.5) is 11.4 Å². The number of hydrogen-bond donors (Lipinski definition) is 0. The van der Waals surface area contributed by atoms with Crippen molar-refractivity contribution in [3.8, 4) is 5.75 Å². The van der Waals surface area contributed by atoms with Crippen LogP contribution in [-0.4, -0.2) is 30.2 Å². The minimum atomic E-state index is -0.490. The van der Waals surface area contributed by atoms with E-state index in [2.05, 4.69) is 0 Å². The van der Waals surface area contributed by atoms with E-state index in [0.717, 1.165) is 30.1 Å². The molecule has 0 bridgehead atoms. The molecule has 4 aliphatic rings. The fourth-order valence-corrected chi connectivity index (χ4v) is 7.83. The van der Waals surface area contributed by atoms with E-state index in [0.29, 0.717) is 51.5 Å². The Bertz CT molecular complexity index is 1790. The molecule has 8 rings (SSSR count). The van der Waals surface area contributed by atoms with Crippen molar-refractivity contribution >= 4 is 45.8 Å². The Balaban J connectivity index is 1.08. The van der Waals surface area contributed by atoms with Gasteiger partial charge in [0.05, 0.1) is 18.0 Å². The minimum absolute atomic E-state index is 0.289. The smallest absolute Gasteiger partial charge is 0.265 e. The Morgan fingerprint density at radius 2 is 0.956 bits per heavy atom. The van der Waals surface area contributed by atoms with Gasteiger partial charge in [0.25, 0.3) is 23.6 Å². The van der Waals surface area contributed by atoms with Gasteiger partial charge in [-0.15, -0.1) is 0 Å². The molecule has 0 radical (unpaired) electrons. The summed E-state index contributed by atoms with van der Waals surface area (Å²) in [5.74, 6) is 0.0508. The van der Waals surface area contributed by atoms with Crippen molar-refractivity contribution in [2.24, 2.45) is 5.92 Å². The van der Waals surface area contributed by atoms with Gasteiger partial charge in [0.1, 0.15) is 5.75 Å². The molecule has 4 amide bonds. The number of carbonyl (C=O) groups is 4. The van der Waals surface area contributed by atoms with Crippen LogP contribution in [0, 0.1) is 5.92 Å². The topological polar surface area (TPSA) is 84.0 Å². The zero-order valence-corrected chi connectivity index (χ0v) is 25.1. The molecular weight excluding hydrogens is 564 g/mol. The molecule has 2 heterocycles. The van der Waals surface area contributed by atoms with Gasteiger partial charge in [-0.25, -0.2) is 9.80 Å². The van der Waals surface area contributed by atoms with E-state index in [1.165, 1.54) is 49.0 Å². The molecule has 4 aromatic carbocycles. The number of hydrogen-bond acceptors (Lipinski definition) is 5. The third kappa shape index (κ3) is 4.55. The third-order valence-electron chi connectivity index (χ3n) is 10.2. The number of amides is 4. The van der Waals surface area contributed by atoms with Crippen LogP contribution in [0.5, 0.6) is 5.75 Å². The maximum atomic E-state index is 13.8. The maximum Gasteiger partial charge on any atom is 0.265 e. The van der Waals surface area contributed by atoms with Crippen LogP contribution in [0.15, 0.2) is 72.8 Å². The first-order chi connectivity index (χ1) is 22.0. The zero-order chi connectivity index (χ0) is 30.7. The summed E-state index contributed by atoms with van der Waals surface area (Å²) in [6, 6.07) is 21.1. The molecule has 7 nitrogen and oxygen atoms in total. The molecule has 0 aromatic heterocycles. The quantitative estimate of drug-likeness (QED) is 0.201. The van der Waals surface area contributed by atoms with Gasteiger partial charge in [-0.1, -0.05) is 50.7 Å². The van der Waals surface area contributed by atoms with Crippen molar-refractivity contribution in [3.05, 3.63) is 101 Å². The highest BCUT2D eigenvalue weighted by Gasteiger charge is 2.40. The van der Waals surface area contributed by atoms with Gasteiger partial charge >= 0.3 is 0 Å². The van der Waals surface area contributed by atoms with Crippen LogP contribution in [0.3, 0.4) is 0 Å². The van der Waals surface area contributed by atoms with E-state index in [4.69, 9.17) is 4.74 Å². The van der Waals surface area contributed by atoms with Crippen molar-refractivity contribution in [3.63, 3.8) is 0 Å². The molecule has 2 fully saturated rings. The first kappa shape index (κ1) is 27.7. The second kappa shape index (κ2) is 11.0. The fourth-order valence-electron chi connectivity index (χ4n) is 7.83. The van der Waals surface area contributed by atoms with E-state index in [1.54, 1.807) is 48.5 Å². The molecule has 45 heavy (non-hydrogen) atoms. The molecule has 0 spiro atoms. The lowest BCUT2D eigenvalue weighted by molar-refractivity contribution is 0.0873. The van der Waals surface area contributed by atoms with Crippen LogP contribution < -0.4 is 14.5 Å². The molecule has 7 heteroatoms. The summed E-state index contributed by atoms with van der Waals surface area (Å²) in [5, 5.41) is 0.729. The molecule has 2 aliphatic heterocycles. The summed E-state index contributed by atoms with van der Waals surface area (Å²) in [6.45, 7) is 0.645. The molecule has 2 saturated carbocycles. The summed E-state index contributed by atoms with van der Waals surface area (Å²) in [6.07, 6.45) is 11.0. The fraction of sp³-hybridized carbons (Fsp3) is 0.316. The highest BCUT2D eigenvalue weighted by atomic mass is 16.5. The zero-order valence-electron chi connectivity index (χ0n) is 25.1. The Labute approximate surface area is 261 Å². The number of benzene rings is 4. The van der Waals surface area contributed by atoms with Gasteiger partial charge in [0, 0.05) is 33.0 Å². The summed E-state index contributed by atoms with van der Waals surface area (Å²) >= 11 is 0. The van der Waals surface area contributed by atoms with Crippen LogP contribution >= 0.6 is 0 Å². The molecule has 2 aliphatic carbocycles. The number of ether oxygens (including phenoxy) is 1. The Morgan fingerprint density at radius 1 is 0.533 bits per heavy atom. The molecule has 0 N–H and O–H groups in total. The van der Waals surface area contributed by atoms with E-state index in [-0.39, 0.29) is 11.1 Å². The predicted molar refractivity (Wildman–Crippen MR) is 172 cm³/mol. The summed E-state index contributed by atoms with van der Waals surface area (Å²) in [5.41, 5.74) is 3.36. The van der Waals surface area contributed by atoms with Gasteiger partial charge in [-0.3, -0.25) is 19.2 Å². The summed E-state index contributed by atoms with van der Waals surface area (Å²) in [7, 11) is 0. The lowest BCUT2D eigenvalue weighted by Gasteiger charge is -2.32. The second-order valence-corrected chi connectivity index (χ2v) is 12.8. The maximum absolute atomic E-state index is 13.8. The number of nitrogens with zero attached hydrogens (tertiary/aromatic N) is 2. The lowest BCUT2D eigenvalue weighted by Crippen LogP contribution is -2.43. The van der Waals surface area contributed by atoms with Gasteiger partial charge in [0.2, 0.25) is 0 Å². The lowest BCUT2D eigenvalue weighted by atomic mass is 9.85. The monoisotopic (exact) mass is 598 g/mol. The number of carbonyl (C=O) groups excluding carboxylic acids is 4. The predicted octanol–water partition coefficient (Wildman–Crippen LogP) is 8.06. The highest BCUT2D eigenvalue weighted by molar-refractivity contribution is 6.42. The van der Waals surface area contributed by atoms with E-state index < -0.39 is 23.6 Å². The molecular formula is C38H34N2O5. The Morgan fingerprint density at radius 3 is 1.42 bits per heavy atom. The Kier molecular flexibility index (Phi) is 6.77. The molecule has 0 saturated heterocycles. The summed E-state index contributed by atoms with van der Waals surface area (Å²) in [4.78, 5) is 57.7. The molecule has 0 unspecified atom stereocenters. The first-order valence-electron chi connectivity index (χ1n) is 16.2. The number of anilines is 2. The third-order valence-corrected chi connectivity index (χ3v) is 10.2. The largest absolute Gasteiger partial charge is 0.494 e. The van der Waals surface area contributed by atoms with Crippen LogP contribution in [-0.2, 0) is 0 Å². The first-order valence-corrected chi connectivity index (χ1v) is 16.2. The molecule has 226 valence electrons. The van der Waals surface area contributed by atoms with Crippen molar-refractivity contribution in [2.45, 2.75) is 63.7 Å². The number of rotatable bonds is 7. The minimum Gasteiger partial charge on any atom is -0.494 e. The van der Waals surface area contributed by atoms with Gasteiger partial charge < -0.3 is 4.74 Å². The highest BCUT2D eigenvalue weighted by Crippen LogP contribution is 2.41. The van der Waals surface area contributed by atoms with Gasteiger partial charge in [-0.05, 0) is 97.3 Å². The van der Waals surface area contributed by atoms with Crippen LogP contribution in [0.2, 0.25) is 0 Å². The van der Waals surface area contributed by atoms with E-state index in [1.807, 2.05) is 24.3 Å². The average molecular weight is 599 g/mol. The van der Waals surface area contributed by atoms with E-state index >= 15 is 0 Å². The van der Waals surface area contributed by atoms with Crippen LogP contribution in [0.1, 0.15) is 111 Å². The Hall–Kier alpha value is -4.78. The number of imide groups is 2. The van der Waals surface area contributed by atoms with Gasteiger partial charge in [-0.2, -0.15) is 0 Å². The van der Waals surface area contributed by atoms with Gasteiger partial charge in [0.15, 0.2) is 0 Å². The van der Waals surface area contributed by atoms with E-state index in [9.17, 15) is 19.2 Å². The molecule has 0 atom stereocenters. The molecule has 4 aromatic rings. The van der Waals surface area contributed by atoms with Crippen molar-refractivity contribution < 1.29 is 23.9 Å². The second-order valence-electron chi connectivity index (χ2n) is 12.8. The normalized spacial score (nSPS) is 18.5. The SMILES string of the molecule is O=C1c2ccc3c4c(ccc(c24)C(=O)N1c1ccc(OCCC2CCCC2)cc1)C(=O)N(c1ccc(C2CCCC2)cc1)C3=O. The van der Waals surface area contributed by atoms with Crippen molar-refractivity contribution in [2.75, 3.05) is 16.4 Å². The summed E-state index contributed by atoms with van der Waals surface area (Å²) < 4.78 is 5.95. The van der Waals surface area contributed by atoms with Crippen LogP contribution in [0.25, 0.3) is 10.8 Å².